The molecule has 2 aromatic carbocycles. The lowest BCUT2D eigenvalue weighted by molar-refractivity contribution is -0.133. The number of nitrogens with one attached hydrogen (secondary N) is 2. The Morgan fingerprint density at radius 3 is 2.42 bits per heavy atom. The van der Waals surface area contributed by atoms with Crippen molar-refractivity contribution in [3.8, 4) is 5.75 Å². The van der Waals surface area contributed by atoms with Gasteiger partial charge in [-0.05, 0) is 76.1 Å². The van der Waals surface area contributed by atoms with Crippen LogP contribution in [0.4, 0.5) is 11.4 Å². The average molecular weight is 660 g/mol. The van der Waals surface area contributed by atoms with Gasteiger partial charge in [0.1, 0.15) is 5.75 Å². The van der Waals surface area contributed by atoms with Gasteiger partial charge in [-0.15, -0.1) is 0 Å². The van der Waals surface area contributed by atoms with E-state index < -0.39 is 11.1 Å². The number of rotatable bonds is 10. The number of nitrogens with zero attached hydrogens (tertiary/aromatic N) is 3. The van der Waals surface area contributed by atoms with Gasteiger partial charge in [0.05, 0.1) is 23.1 Å². The second kappa shape index (κ2) is 13.9. The van der Waals surface area contributed by atoms with E-state index in [0.717, 1.165) is 24.1 Å². The third kappa shape index (κ3) is 6.94. The van der Waals surface area contributed by atoms with Crippen molar-refractivity contribution in [2.75, 3.05) is 56.2 Å². The third-order valence-electron chi connectivity index (χ3n) is 10.3. The summed E-state index contributed by atoms with van der Waals surface area (Å²) in [5.41, 5.74) is 0.856. The Morgan fingerprint density at radius 2 is 1.75 bits per heavy atom. The number of carbonyl (C=O) groups is 4. The number of methoxy groups -OCH3 is 1. The molecule has 0 aromatic heterocycles. The lowest BCUT2D eigenvalue weighted by Gasteiger charge is -2.44. The van der Waals surface area contributed by atoms with Gasteiger partial charge in [0.25, 0.3) is 5.91 Å². The van der Waals surface area contributed by atoms with Crippen LogP contribution in [0.25, 0.3) is 0 Å². The first-order valence-corrected chi connectivity index (χ1v) is 17.3. The van der Waals surface area contributed by atoms with Crippen LogP contribution in [0.2, 0.25) is 0 Å². The van der Waals surface area contributed by atoms with E-state index in [9.17, 15) is 19.2 Å². The largest absolute Gasteiger partial charge is 0.476 e. The van der Waals surface area contributed by atoms with Crippen LogP contribution in [0.3, 0.4) is 0 Å². The van der Waals surface area contributed by atoms with Crippen LogP contribution in [0.5, 0.6) is 5.75 Å². The molecule has 258 valence electrons. The topological polar surface area (TPSA) is 121 Å². The van der Waals surface area contributed by atoms with Gasteiger partial charge in [-0.25, -0.2) is 0 Å². The lowest BCUT2D eigenvalue weighted by atomic mass is 9.79. The summed E-state index contributed by atoms with van der Waals surface area (Å²) < 4.78 is 11.4. The summed E-state index contributed by atoms with van der Waals surface area (Å²) in [6, 6.07) is 15.8. The fraction of sp³-hybridized carbons (Fsp3) is 0.568. The van der Waals surface area contributed by atoms with Gasteiger partial charge in [-0.2, -0.15) is 0 Å². The van der Waals surface area contributed by atoms with Gasteiger partial charge >= 0.3 is 0 Å². The molecule has 2 N–H and O–H groups in total. The van der Waals surface area contributed by atoms with Gasteiger partial charge in [-0.3, -0.25) is 19.2 Å². The molecule has 0 bridgehead atoms. The molecule has 0 radical (unpaired) electrons. The average Bonchev–Trinajstić information content (AvgIpc) is 3.92. The molecule has 48 heavy (non-hydrogen) atoms. The van der Waals surface area contributed by atoms with Crippen LogP contribution >= 0.6 is 0 Å². The highest BCUT2D eigenvalue weighted by Crippen LogP contribution is 2.43. The normalized spacial score (nSPS) is 23.1. The first-order valence-electron chi connectivity index (χ1n) is 17.3. The van der Waals surface area contributed by atoms with Crippen LogP contribution in [0.1, 0.15) is 64.9 Å². The monoisotopic (exact) mass is 659 g/mol. The quantitative estimate of drug-likeness (QED) is 0.374. The predicted octanol–water partition coefficient (Wildman–Crippen LogP) is 3.60. The number of carbonyl (C=O) groups excluding carboxylic acids is 4. The number of ether oxygens (including phenoxy) is 2. The third-order valence-corrected chi connectivity index (χ3v) is 10.3. The number of benzene rings is 2. The van der Waals surface area contributed by atoms with Crippen molar-refractivity contribution in [2.45, 2.75) is 76.5 Å². The zero-order valence-electron chi connectivity index (χ0n) is 28.6. The highest BCUT2D eigenvalue weighted by atomic mass is 16.5. The van der Waals surface area contributed by atoms with Crippen LogP contribution in [-0.2, 0) is 29.5 Å². The number of piperidine rings is 2. The Kier molecular flexibility index (Phi) is 9.81. The van der Waals surface area contributed by atoms with Crippen molar-refractivity contribution in [1.82, 2.24) is 15.5 Å². The minimum atomic E-state index is -1.000. The van der Waals surface area contributed by atoms with Crippen molar-refractivity contribution in [3.05, 3.63) is 54.1 Å². The molecule has 2 atom stereocenters. The van der Waals surface area contributed by atoms with E-state index in [1.807, 2.05) is 58.3 Å². The first-order chi connectivity index (χ1) is 23.0. The molecule has 0 unspecified atom stereocenters. The molecule has 6 rings (SSSR count). The first kappa shape index (κ1) is 33.9. The number of hydrogen-bond donors (Lipinski definition) is 2. The fourth-order valence-electron chi connectivity index (χ4n) is 7.46. The standard InChI is InChI=1S/C37H49N5O6/c1-25(43)40-18-15-37(16-19-40,28-9-6-5-7-10-28)39-33(44)26-21-27(24-38-23-26)34(45)42(29-11-12-29)30-13-14-32-31(22-30)41(17-8-20-47-4)35(46)36(2,3)48-32/h5-7,9-10,13-14,22,26-27,29,38H,8,11-12,15-21,23-24H2,1-4H3,(H,39,44)/t26-,27+/m0/s1. The van der Waals surface area contributed by atoms with Gasteiger partial charge in [0.2, 0.25) is 17.7 Å². The SMILES string of the molecule is COCCCN1C(=O)C(C)(C)Oc2ccc(N(C(=O)[C@H]3CNC[C@@H](C(=O)NC4(c5ccccc5)CCN(C(C)=O)CC4)C3)C3CC3)cc21. The molecule has 3 fully saturated rings. The maximum Gasteiger partial charge on any atom is 0.270 e. The molecular weight excluding hydrogens is 610 g/mol. The maximum absolute atomic E-state index is 14.3. The highest BCUT2D eigenvalue weighted by Gasteiger charge is 2.45. The number of hydrogen-bond acceptors (Lipinski definition) is 7. The smallest absolute Gasteiger partial charge is 0.270 e. The second-order valence-electron chi connectivity index (χ2n) is 14.2. The summed E-state index contributed by atoms with van der Waals surface area (Å²) in [5.74, 6) is -0.316. The highest BCUT2D eigenvalue weighted by molar-refractivity contribution is 6.04. The van der Waals surface area contributed by atoms with Crippen molar-refractivity contribution in [3.63, 3.8) is 0 Å². The van der Waals surface area contributed by atoms with E-state index in [1.165, 1.54) is 0 Å². The predicted molar refractivity (Wildman–Crippen MR) is 183 cm³/mol. The van der Waals surface area contributed by atoms with Crippen molar-refractivity contribution >= 4 is 35.0 Å². The Labute approximate surface area is 283 Å². The van der Waals surface area contributed by atoms with Crippen molar-refractivity contribution in [1.29, 1.82) is 0 Å². The molecule has 11 heteroatoms. The number of fused-ring (bicyclic) bond motifs is 1. The molecule has 3 aliphatic heterocycles. The minimum absolute atomic E-state index is 0.00990. The zero-order valence-corrected chi connectivity index (χ0v) is 28.6. The number of likely N-dealkylation sites (tertiary alicyclic amines) is 1. The van der Waals surface area contributed by atoms with E-state index in [2.05, 4.69) is 10.6 Å². The van der Waals surface area contributed by atoms with E-state index in [0.29, 0.717) is 76.5 Å². The second-order valence-corrected chi connectivity index (χ2v) is 14.2. The molecule has 1 aliphatic carbocycles. The van der Waals surface area contributed by atoms with Gasteiger partial charge < -0.3 is 34.8 Å². The number of anilines is 2. The molecule has 2 saturated heterocycles. The Balaban J connectivity index is 1.20. The number of amides is 4. The van der Waals surface area contributed by atoms with E-state index in [1.54, 1.807) is 32.8 Å². The molecule has 1 saturated carbocycles. The lowest BCUT2D eigenvalue weighted by Crippen LogP contribution is -2.57. The van der Waals surface area contributed by atoms with Gasteiger partial charge in [-0.1, -0.05) is 30.3 Å². The molecule has 2 aromatic rings. The van der Waals surface area contributed by atoms with E-state index in [-0.39, 0.29) is 41.5 Å². The van der Waals surface area contributed by atoms with Crippen molar-refractivity contribution < 1.29 is 28.7 Å². The summed E-state index contributed by atoms with van der Waals surface area (Å²) in [5, 5.41) is 6.78. The Hall–Kier alpha value is -3.96. The molecule has 3 heterocycles. The van der Waals surface area contributed by atoms with Crippen LogP contribution in [0.15, 0.2) is 48.5 Å². The Morgan fingerprint density at radius 1 is 1.04 bits per heavy atom. The van der Waals surface area contributed by atoms with E-state index >= 15 is 0 Å². The van der Waals surface area contributed by atoms with Crippen molar-refractivity contribution in [2.24, 2.45) is 11.8 Å². The fourth-order valence-corrected chi connectivity index (χ4v) is 7.46. The molecule has 0 spiro atoms. The zero-order chi connectivity index (χ0) is 34.1. The molecule has 11 nitrogen and oxygen atoms in total. The van der Waals surface area contributed by atoms with Crippen LogP contribution in [0, 0.1) is 11.8 Å². The maximum atomic E-state index is 14.3. The van der Waals surface area contributed by atoms with Gasteiger partial charge in [0, 0.05) is 65.1 Å². The summed E-state index contributed by atoms with van der Waals surface area (Å²) >= 11 is 0. The van der Waals surface area contributed by atoms with Gasteiger partial charge in [0.15, 0.2) is 5.60 Å². The van der Waals surface area contributed by atoms with E-state index in [4.69, 9.17) is 9.47 Å². The molecule has 4 amide bonds. The molecular formula is C37H49N5O6. The summed E-state index contributed by atoms with van der Waals surface area (Å²) in [6.45, 7) is 8.27. The summed E-state index contributed by atoms with van der Waals surface area (Å²) in [4.78, 5) is 59.3. The summed E-state index contributed by atoms with van der Waals surface area (Å²) in [7, 11) is 1.64. The van der Waals surface area contributed by atoms with Crippen LogP contribution < -0.4 is 25.2 Å². The molecule has 4 aliphatic rings. The summed E-state index contributed by atoms with van der Waals surface area (Å²) in [6.07, 6.45) is 4.18. The van der Waals surface area contributed by atoms with Crippen LogP contribution in [-0.4, -0.2) is 86.6 Å². The minimum Gasteiger partial charge on any atom is -0.476 e. The Bertz CT molecular complexity index is 1520.